The monoisotopic (exact) mass is 610 g/mol. The second-order valence-corrected chi connectivity index (χ2v) is 10.6. The number of halogens is 6. The van der Waals surface area contributed by atoms with Crippen LogP contribution < -0.4 is 0 Å². The Morgan fingerprint density at radius 3 is 1.44 bits per heavy atom. The fraction of sp³-hybridized carbons (Fsp3) is 0.355. The molecule has 2 saturated heterocycles. The SMILES string of the molecule is O=C(O)C(F)(F)F.O=C(O)C(F)(F)F.c1ccc(CN2CCC3(C2)CN(CC(c2ccccc2)c2ccccc2)C3)cc1. The third-order valence-electron chi connectivity index (χ3n) is 7.21. The van der Waals surface area contributed by atoms with Crippen LogP contribution in [0.5, 0.6) is 0 Å². The lowest BCUT2D eigenvalue weighted by molar-refractivity contribution is -0.193. The van der Waals surface area contributed by atoms with E-state index in [0.717, 1.165) is 13.1 Å². The topological polar surface area (TPSA) is 81.1 Å². The van der Waals surface area contributed by atoms with Crippen molar-refractivity contribution in [3.05, 3.63) is 108 Å². The van der Waals surface area contributed by atoms with E-state index in [2.05, 4.69) is 101 Å². The van der Waals surface area contributed by atoms with Crippen LogP contribution in [0.25, 0.3) is 0 Å². The van der Waals surface area contributed by atoms with E-state index in [0.29, 0.717) is 11.3 Å². The fourth-order valence-electron chi connectivity index (χ4n) is 5.33. The Labute approximate surface area is 245 Å². The molecule has 0 bridgehead atoms. The summed E-state index contributed by atoms with van der Waals surface area (Å²) in [5.41, 5.74) is 4.81. The van der Waals surface area contributed by atoms with Crippen LogP contribution >= 0.6 is 0 Å². The molecule has 0 aromatic heterocycles. The van der Waals surface area contributed by atoms with Gasteiger partial charge in [-0.05, 0) is 29.7 Å². The predicted molar refractivity (Wildman–Crippen MR) is 147 cm³/mol. The Morgan fingerprint density at radius 1 is 0.674 bits per heavy atom. The lowest BCUT2D eigenvalue weighted by Crippen LogP contribution is -2.58. The quantitative estimate of drug-likeness (QED) is 0.320. The maximum atomic E-state index is 10.6. The van der Waals surface area contributed by atoms with Crippen molar-refractivity contribution in [2.45, 2.75) is 31.2 Å². The van der Waals surface area contributed by atoms with E-state index in [-0.39, 0.29) is 0 Å². The van der Waals surface area contributed by atoms with Gasteiger partial charge < -0.3 is 15.1 Å². The molecular weight excluding hydrogens is 578 g/mol. The van der Waals surface area contributed by atoms with Gasteiger partial charge in [0.1, 0.15) is 0 Å². The summed E-state index contributed by atoms with van der Waals surface area (Å²) in [5.74, 6) is -5.06. The van der Waals surface area contributed by atoms with Gasteiger partial charge in [-0.2, -0.15) is 26.3 Å². The van der Waals surface area contributed by atoms with E-state index in [4.69, 9.17) is 19.8 Å². The van der Waals surface area contributed by atoms with Gasteiger partial charge in [0.25, 0.3) is 0 Å². The largest absolute Gasteiger partial charge is 0.490 e. The van der Waals surface area contributed by atoms with Crippen molar-refractivity contribution in [3.63, 3.8) is 0 Å². The molecule has 0 atom stereocenters. The molecule has 0 radical (unpaired) electrons. The molecule has 2 N–H and O–H groups in total. The molecule has 5 rings (SSSR count). The first-order chi connectivity index (χ1) is 20.2. The summed E-state index contributed by atoms with van der Waals surface area (Å²) in [7, 11) is 0. The summed E-state index contributed by atoms with van der Waals surface area (Å²) in [4.78, 5) is 23.1. The number of benzene rings is 3. The van der Waals surface area contributed by atoms with Crippen LogP contribution in [0.3, 0.4) is 0 Å². The normalized spacial score (nSPS) is 16.4. The number of carboxylic acids is 2. The van der Waals surface area contributed by atoms with Crippen molar-refractivity contribution >= 4 is 11.9 Å². The van der Waals surface area contributed by atoms with Crippen molar-refractivity contribution in [1.29, 1.82) is 0 Å². The minimum absolute atomic E-state index is 0.455. The molecular formula is C31H32F6N2O4. The second kappa shape index (κ2) is 14.5. The Kier molecular flexibility index (Phi) is 11.3. The van der Waals surface area contributed by atoms with E-state index >= 15 is 0 Å². The molecule has 0 unspecified atom stereocenters. The van der Waals surface area contributed by atoms with Gasteiger partial charge in [-0.15, -0.1) is 0 Å². The molecule has 6 nitrogen and oxygen atoms in total. The number of likely N-dealkylation sites (tertiary alicyclic amines) is 2. The maximum Gasteiger partial charge on any atom is 0.490 e. The number of hydrogen-bond acceptors (Lipinski definition) is 4. The predicted octanol–water partition coefficient (Wildman–Crippen LogP) is 6.29. The molecule has 3 aromatic carbocycles. The Morgan fingerprint density at radius 2 is 1.05 bits per heavy atom. The van der Waals surface area contributed by atoms with Crippen LogP contribution in [0.2, 0.25) is 0 Å². The van der Waals surface area contributed by atoms with Crippen LogP contribution in [0, 0.1) is 5.41 Å². The van der Waals surface area contributed by atoms with Gasteiger partial charge >= 0.3 is 24.3 Å². The summed E-state index contributed by atoms with van der Waals surface area (Å²) in [6, 6.07) is 32.9. The first-order valence-corrected chi connectivity index (χ1v) is 13.4. The highest BCUT2D eigenvalue weighted by atomic mass is 19.4. The van der Waals surface area contributed by atoms with Crippen LogP contribution in [-0.4, -0.2) is 77.0 Å². The summed E-state index contributed by atoms with van der Waals surface area (Å²) >= 11 is 0. The first kappa shape index (κ1) is 33.6. The summed E-state index contributed by atoms with van der Waals surface area (Å²) in [6.45, 7) is 7.19. The number of aliphatic carboxylic acids is 2. The average molecular weight is 611 g/mol. The third kappa shape index (κ3) is 10.4. The number of carbonyl (C=O) groups is 2. The van der Waals surface area contributed by atoms with Gasteiger partial charge in [0, 0.05) is 44.1 Å². The van der Waals surface area contributed by atoms with Crippen molar-refractivity contribution in [2.75, 3.05) is 32.7 Å². The standard InChI is InChI=1S/C27H30N2.2C2HF3O2/c1-4-10-23(11-5-1)18-28-17-16-27(20-28)21-29(22-27)19-26(24-12-6-2-7-13-24)25-14-8-3-9-15-25;2*3-2(4,5)1(6)7/h1-15,26H,16-22H2;2*(H,6,7). The Hall–Kier alpha value is -3.90. The Balaban J connectivity index is 0.000000303. The highest BCUT2D eigenvalue weighted by molar-refractivity contribution is 5.73. The summed E-state index contributed by atoms with van der Waals surface area (Å²) in [6.07, 6.45) is -8.82. The summed E-state index contributed by atoms with van der Waals surface area (Å²) in [5, 5.41) is 14.2. The van der Waals surface area contributed by atoms with Crippen LogP contribution in [0.4, 0.5) is 26.3 Å². The zero-order valence-corrected chi connectivity index (χ0v) is 23.1. The molecule has 2 fully saturated rings. The third-order valence-corrected chi connectivity index (χ3v) is 7.21. The Bertz CT molecular complexity index is 1240. The van der Waals surface area contributed by atoms with Gasteiger partial charge in [-0.1, -0.05) is 91.0 Å². The number of hydrogen-bond donors (Lipinski definition) is 2. The lowest BCUT2D eigenvalue weighted by Gasteiger charge is -2.49. The van der Waals surface area contributed by atoms with E-state index < -0.39 is 24.3 Å². The molecule has 2 aliphatic heterocycles. The lowest BCUT2D eigenvalue weighted by atomic mass is 9.77. The molecule has 0 saturated carbocycles. The first-order valence-electron chi connectivity index (χ1n) is 13.4. The zero-order valence-electron chi connectivity index (χ0n) is 23.1. The van der Waals surface area contributed by atoms with Crippen LogP contribution in [-0.2, 0) is 16.1 Å². The smallest absolute Gasteiger partial charge is 0.475 e. The fourth-order valence-corrected chi connectivity index (χ4v) is 5.33. The molecule has 2 heterocycles. The van der Waals surface area contributed by atoms with Gasteiger partial charge in [-0.25, -0.2) is 9.59 Å². The van der Waals surface area contributed by atoms with Crippen LogP contribution in [0.1, 0.15) is 29.0 Å². The number of carboxylic acid groups (broad SMARTS) is 2. The van der Waals surface area contributed by atoms with E-state index in [9.17, 15) is 26.3 Å². The van der Waals surface area contributed by atoms with Gasteiger partial charge in [0.05, 0.1) is 0 Å². The van der Waals surface area contributed by atoms with E-state index in [1.54, 1.807) is 0 Å². The van der Waals surface area contributed by atoms with Crippen molar-refractivity contribution in [1.82, 2.24) is 9.80 Å². The highest BCUT2D eigenvalue weighted by Crippen LogP contribution is 2.41. The minimum Gasteiger partial charge on any atom is -0.475 e. The molecule has 2 aliphatic rings. The van der Waals surface area contributed by atoms with Crippen molar-refractivity contribution in [3.8, 4) is 0 Å². The molecule has 0 amide bonds. The second-order valence-electron chi connectivity index (χ2n) is 10.6. The van der Waals surface area contributed by atoms with E-state index in [1.165, 1.54) is 49.3 Å². The van der Waals surface area contributed by atoms with Crippen molar-refractivity contribution < 1.29 is 46.1 Å². The summed E-state index contributed by atoms with van der Waals surface area (Å²) < 4.78 is 63.5. The molecule has 232 valence electrons. The van der Waals surface area contributed by atoms with Crippen molar-refractivity contribution in [2.24, 2.45) is 5.41 Å². The molecule has 43 heavy (non-hydrogen) atoms. The molecule has 3 aromatic rings. The molecule has 1 spiro atoms. The average Bonchev–Trinajstić information content (AvgIpc) is 3.36. The zero-order chi connectivity index (χ0) is 31.7. The van der Waals surface area contributed by atoms with Gasteiger partial charge in [0.15, 0.2) is 0 Å². The van der Waals surface area contributed by atoms with Crippen LogP contribution in [0.15, 0.2) is 91.0 Å². The number of rotatable bonds is 6. The molecule has 0 aliphatic carbocycles. The van der Waals surface area contributed by atoms with E-state index in [1.807, 2.05) is 0 Å². The minimum atomic E-state index is -5.08. The molecule has 12 heteroatoms. The highest BCUT2D eigenvalue weighted by Gasteiger charge is 2.47. The number of alkyl halides is 6. The van der Waals surface area contributed by atoms with Gasteiger partial charge in [-0.3, -0.25) is 4.90 Å². The number of nitrogens with zero attached hydrogens (tertiary/aromatic N) is 2. The maximum absolute atomic E-state index is 10.6. The van der Waals surface area contributed by atoms with Gasteiger partial charge in [0.2, 0.25) is 0 Å².